The van der Waals surface area contributed by atoms with Crippen LogP contribution < -0.4 is 5.32 Å². The number of nitrogens with one attached hydrogen (secondary N) is 1. The molecule has 0 spiro atoms. The van der Waals surface area contributed by atoms with Gasteiger partial charge in [-0.15, -0.1) is 0 Å². The van der Waals surface area contributed by atoms with Gasteiger partial charge < -0.3 is 5.32 Å². The first-order valence-corrected chi connectivity index (χ1v) is 5.29. The van der Waals surface area contributed by atoms with Crippen LogP contribution in [0.1, 0.15) is 47.0 Å². The highest BCUT2D eigenvalue weighted by Gasteiger charge is 2.13. The molecule has 0 radical (unpaired) electrons. The summed E-state index contributed by atoms with van der Waals surface area (Å²) in [6.07, 6.45) is 3.95. The Morgan fingerprint density at radius 2 is 1.67 bits per heavy atom. The smallest absolute Gasteiger partial charge is 0.00896 e. The van der Waals surface area contributed by atoms with Crippen molar-refractivity contribution >= 4 is 0 Å². The van der Waals surface area contributed by atoms with Crippen LogP contribution in [0.25, 0.3) is 0 Å². The highest BCUT2D eigenvalue weighted by molar-refractivity contribution is 4.70. The van der Waals surface area contributed by atoms with Crippen LogP contribution in [0, 0.1) is 11.8 Å². The van der Waals surface area contributed by atoms with Crippen molar-refractivity contribution in [2.75, 3.05) is 7.05 Å². The lowest BCUT2D eigenvalue weighted by Gasteiger charge is -2.23. The highest BCUT2D eigenvalue weighted by atomic mass is 14.9. The minimum atomic E-state index is 0.720. The highest BCUT2D eigenvalue weighted by Crippen LogP contribution is 2.15. The van der Waals surface area contributed by atoms with Crippen molar-refractivity contribution in [2.45, 2.75) is 53.0 Å². The number of hydrogen-bond acceptors (Lipinski definition) is 1. The van der Waals surface area contributed by atoms with Crippen molar-refractivity contribution in [1.82, 2.24) is 5.32 Å². The average Bonchev–Trinajstić information content (AvgIpc) is 2.04. The fraction of sp³-hybridized carbons (Fsp3) is 1.00. The Labute approximate surface area is 77.9 Å². The molecule has 1 heteroatoms. The Hall–Kier alpha value is -0.0400. The molecule has 0 aromatic carbocycles. The van der Waals surface area contributed by atoms with Crippen LogP contribution in [-0.4, -0.2) is 13.1 Å². The van der Waals surface area contributed by atoms with E-state index in [9.17, 15) is 0 Å². The topological polar surface area (TPSA) is 12.0 Å². The lowest BCUT2D eigenvalue weighted by molar-refractivity contribution is 0.344. The van der Waals surface area contributed by atoms with E-state index in [1.54, 1.807) is 0 Å². The van der Waals surface area contributed by atoms with Crippen LogP contribution >= 0.6 is 0 Å². The second kappa shape index (κ2) is 6.47. The fourth-order valence-electron chi connectivity index (χ4n) is 1.51. The quantitative estimate of drug-likeness (QED) is 0.647. The first-order chi connectivity index (χ1) is 5.61. The Bertz CT molecular complexity index is 99.2. The van der Waals surface area contributed by atoms with E-state index in [1.165, 1.54) is 19.3 Å². The van der Waals surface area contributed by atoms with Gasteiger partial charge in [0.2, 0.25) is 0 Å². The Morgan fingerprint density at radius 3 is 2.00 bits per heavy atom. The number of hydrogen-bond donors (Lipinski definition) is 1. The second-order valence-electron chi connectivity index (χ2n) is 4.25. The summed E-state index contributed by atoms with van der Waals surface area (Å²) in [5.74, 6) is 1.65. The van der Waals surface area contributed by atoms with E-state index in [2.05, 4.69) is 40.1 Å². The molecule has 0 aromatic heterocycles. The maximum absolute atomic E-state index is 3.41. The van der Waals surface area contributed by atoms with Gasteiger partial charge in [-0.2, -0.15) is 0 Å². The van der Waals surface area contributed by atoms with Gasteiger partial charge in [-0.05, 0) is 31.7 Å². The normalized spacial score (nSPS) is 16.5. The molecule has 0 bridgehead atoms. The maximum Gasteiger partial charge on any atom is 0.00896 e. The third-order valence-electron chi connectivity index (χ3n) is 2.76. The lowest BCUT2D eigenvalue weighted by Crippen LogP contribution is -2.31. The molecule has 0 aromatic rings. The van der Waals surface area contributed by atoms with Crippen LogP contribution in [0.15, 0.2) is 0 Å². The van der Waals surface area contributed by atoms with Crippen LogP contribution in [0.5, 0.6) is 0 Å². The molecular weight excluding hydrogens is 146 g/mol. The molecule has 0 saturated heterocycles. The molecule has 74 valence electrons. The van der Waals surface area contributed by atoms with Crippen LogP contribution in [0.2, 0.25) is 0 Å². The van der Waals surface area contributed by atoms with E-state index in [1.807, 2.05) is 0 Å². The van der Waals surface area contributed by atoms with Crippen molar-refractivity contribution in [1.29, 1.82) is 0 Å². The van der Waals surface area contributed by atoms with Crippen molar-refractivity contribution in [3.8, 4) is 0 Å². The van der Waals surface area contributed by atoms with Gasteiger partial charge in [-0.3, -0.25) is 0 Å². The molecule has 0 fully saturated rings. The number of rotatable bonds is 6. The maximum atomic E-state index is 3.41. The molecule has 0 heterocycles. The fourth-order valence-corrected chi connectivity index (χ4v) is 1.51. The summed E-state index contributed by atoms with van der Waals surface area (Å²) >= 11 is 0. The van der Waals surface area contributed by atoms with Gasteiger partial charge >= 0.3 is 0 Å². The predicted octanol–water partition coefficient (Wildman–Crippen LogP) is 3.06. The van der Waals surface area contributed by atoms with E-state index in [0.717, 1.165) is 17.9 Å². The molecule has 0 aliphatic carbocycles. The molecular formula is C11H25N. The summed E-state index contributed by atoms with van der Waals surface area (Å²) < 4.78 is 0. The lowest BCUT2D eigenvalue weighted by atomic mass is 9.92. The van der Waals surface area contributed by atoms with Gasteiger partial charge in [0.1, 0.15) is 0 Å². The minimum absolute atomic E-state index is 0.720. The van der Waals surface area contributed by atoms with E-state index >= 15 is 0 Å². The van der Waals surface area contributed by atoms with E-state index < -0.39 is 0 Å². The van der Waals surface area contributed by atoms with Crippen LogP contribution in [0.3, 0.4) is 0 Å². The Morgan fingerprint density at radius 1 is 1.08 bits per heavy atom. The molecule has 1 nitrogen and oxygen atoms in total. The zero-order valence-corrected chi connectivity index (χ0v) is 9.35. The largest absolute Gasteiger partial charge is 0.317 e. The Balaban J connectivity index is 3.67. The molecule has 0 saturated carbocycles. The SMILES string of the molecule is CCC(C)C(CCC(C)C)NC. The van der Waals surface area contributed by atoms with E-state index in [4.69, 9.17) is 0 Å². The monoisotopic (exact) mass is 171 g/mol. The average molecular weight is 171 g/mol. The summed E-state index contributed by atoms with van der Waals surface area (Å²) in [6, 6.07) is 0.720. The minimum Gasteiger partial charge on any atom is -0.317 e. The molecule has 12 heavy (non-hydrogen) atoms. The zero-order chi connectivity index (χ0) is 9.56. The molecule has 2 unspecified atom stereocenters. The van der Waals surface area contributed by atoms with Gasteiger partial charge in [0, 0.05) is 6.04 Å². The van der Waals surface area contributed by atoms with Crippen molar-refractivity contribution < 1.29 is 0 Å². The van der Waals surface area contributed by atoms with Gasteiger partial charge in [-0.1, -0.05) is 34.1 Å². The summed E-state index contributed by atoms with van der Waals surface area (Å²) in [5.41, 5.74) is 0. The predicted molar refractivity (Wildman–Crippen MR) is 56.4 cm³/mol. The van der Waals surface area contributed by atoms with Crippen molar-refractivity contribution in [2.24, 2.45) is 11.8 Å². The summed E-state index contributed by atoms with van der Waals surface area (Å²) in [6.45, 7) is 9.19. The first-order valence-electron chi connectivity index (χ1n) is 5.29. The van der Waals surface area contributed by atoms with Gasteiger partial charge in [0.05, 0.1) is 0 Å². The van der Waals surface area contributed by atoms with Gasteiger partial charge in [0.25, 0.3) is 0 Å². The standard InChI is InChI=1S/C11H25N/c1-6-10(4)11(12-5)8-7-9(2)3/h9-12H,6-8H2,1-5H3. The molecule has 1 N–H and O–H groups in total. The van der Waals surface area contributed by atoms with E-state index in [-0.39, 0.29) is 0 Å². The zero-order valence-electron chi connectivity index (χ0n) is 9.35. The van der Waals surface area contributed by atoms with Gasteiger partial charge in [-0.25, -0.2) is 0 Å². The van der Waals surface area contributed by atoms with E-state index in [0.29, 0.717) is 0 Å². The van der Waals surface area contributed by atoms with Crippen LogP contribution in [0.4, 0.5) is 0 Å². The molecule has 0 amide bonds. The van der Waals surface area contributed by atoms with Crippen LogP contribution in [-0.2, 0) is 0 Å². The first kappa shape index (κ1) is 12.0. The van der Waals surface area contributed by atoms with Crippen molar-refractivity contribution in [3.05, 3.63) is 0 Å². The van der Waals surface area contributed by atoms with Gasteiger partial charge in [0.15, 0.2) is 0 Å². The van der Waals surface area contributed by atoms with Crippen molar-refractivity contribution in [3.63, 3.8) is 0 Å². The second-order valence-corrected chi connectivity index (χ2v) is 4.25. The molecule has 0 rings (SSSR count). The molecule has 0 aliphatic heterocycles. The molecule has 2 atom stereocenters. The summed E-state index contributed by atoms with van der Waals surface area (Å²) in [4.78, 5) is 0. The Kier molecular flexibility index (Phi) is 6.45. The summed E-state index contributed by atoms with van der Waals surface area (Å²) in [5, 5.41) is 3.41. The third-order valence-corrected chi connectivity index (χ3v) is 2.76. The third kappa shape index (κ3) is 4.76. The molecule has 0 aliphatic rings. The summed E-state index contributed by atoms with van der Waals surface area (Å²) in [7, 11) is 2.08.